The van der Waals surface area contributed by atoms with Crippen molar-refractivity contribution in [3.63, 3.8) is 0 Å². The number of hydrogen-bond acceptors (Lipinski definition) is 3. The first-order chi connectivity index (χ1) is 9.13. The van der Waals surface area contributed by atoms with E-state index in [1.165, 1.54) is 18.4 Å². The van der Waals surface area contributed by atoms with E-state index in [1.807, 2.05) is 24.1 Å². The molecule has 1 heterocycles. The molecule has 0 saturated heterocycles. The van der Waals surface area contributed by atoms with Crippen LogP contribution in [0.3, 0.4) is 0 Å². The Morgan fingerprint density at radius 1 is 1.21 bits per heavy atom. The first-order valence-corrected chi connectivity index (χ1v) is 6.86. The molecule has 1 aromatic heterocycles. The summed E-state index contributed by atoms with van der Waals surface area (Å²) >= 11 is 6.11. The topological polar surface area (TPSA) is 29.0 Å². The number of benzene rings is 1. The van der Waals surface area contributed by atoms with Crippen molar-refractivity contribution in [3.05, 3.63) is 46.9 Å². The molecule has 1 fully saturated rings. The van der Waals surface area contributed by atoms with E-state index in [-0.39, 0.29) is 0 Å². The van der Waals surface area contributed by atoms with Gasteiger partial charge in [0.05, 0.1) is 0 Å². The highest BCUT2D eigenvalue weighted by Crippen LogP contribution is 2.39. The molecule has 0 bridgehead atoms. The number of halogens is 1. The smallest absolute Gasteiger partial charge is 0.137 e. The predicted molar refractivity (Wildman–Crippen MR) is 78.3 cm³/mol. The van der Waals surface area contributed by atoms with Crippen molar-refractivity contribution in [1.82, 2.24) is 9.97 Å². The molecule has 1 aliphatic carbocycles. The fraction of sp³-hybridized carbons (Fsp3) is 0.333. The van der Waals surface area contributed by atoms with Gasteiger partial charge in [0.25, 0.3) is 0 Å². The normalized spacial score (nSPS) is 14.5. The van der Waals surface area contributed by atoms with Gasteiger partial charge in [-0.1, -0.05) is 23.7 Å². The Bertz CT molecular complexity index is 608. The molecule has 4 heteroatoms. The van der Waals surface area contributed by atoms with Crippen LogP contribution in [0.1, 0.15) is 30.1 Å². The zero-order valence-corrected chi connectivity index (χ0v) is 11.9. The van der Waals surface area contributed by atoms with Gasteiger partial charge >= 0.3 is 0 Å². The van der Waals surface area contributed by atoms with Crippen LogP contribution in [-0.2, 0) is 0 Å². The largest absolute Gasteiger partial charge is 0.329 e. The molecule has 0 radical (unpaired) electrons. The molecular formula is C15H16ClN3. The van der Waals surface area contributed by atoms with Crippen LogP contribution >= 0.6 is 11.6 Å². The van der Waals surface area contributed by atoms with Gasteiger partial charge in [0.1, 0.15) is 16.8 Å². The third-order valence-corrected chi connectivity index (χ3v) is 3.57. The molecule has 2 aromatic rings. The lowest BCUT2D eigenvalue weighted by molar-refractivity contribution is 0.914. The van der Waals surface area contributed by atoms with Crippen LogP contribution in [0.15, 0.2) is 30.3 Å². The number of aryl methyl sites for hydroxylation is 1. The lowest BCUT2D eigenvalue weighted by Crippen LogP contribution is -2.12. The molecule has 0 atom stereocenters. The minimum absolute atomic E-state index is 0.503. The quantitative estimate of drug-likeness (QED) is 0.789. The molecule has 1 aliphatic rings. The highest BCUT2D eigenvalue weighted by atomic mass is 35.5. The van der Waals surface area contributed by atoms with Gasteiger partial charge in [-0.05, 0) is 37.5 Å². The highest BCUT2D eigenvalue weighted by molar-refractivity contribution is 6.29. The summed E-state index contributed by atoms with van der Waals surface area (Å²) in [7, 11) is 2.00. The molecule has 0 amide bonds. The number of hydrogen-bond donors (Lipinski definition) is 0. The Morgan fingerprint density at radius 2 is 2.00 bits per heavy atom. The van der Waals surface area contributed by atoms with Crippen LogP contribution in [0.25, 0.3) is 0 Å². The van der Waals surface area contributed by atoms with Gasteiger partial charge in [0, 0.05) is 24.7 Å². The Morgan fingerprint density at radius 3 is 2.68 bits per heavy atom. The van der Waals surface area contributed by atoms with E-state index >= 15 is 0 Å². The van der Waals surface area contributed by atoms with Gasteiger partial charge in [-0.25, -0.2) is 9.97 Å². The molecule has 0 unspecified atom stereocenters. The number of anilines is 2. The summed E-state index contributed by atoms with van der Waals surface area (Å²) in [6.07, 6.45) is 2.35. The third kappa shape index (κ3) is 2.71. The van der Waals surface area contributed by atoms with Gasteiger partial charge in [-0.2, -0.15) is 0 Å². The summed E-state index contributed by atoms with van der Waals surface area (Å²) in [4.78, 5) is 11.0. The minimum Gasteiger partial charge on any atom is -0.329 e. The van der Waals surface area contributed by atoms with Crippen LogP contribution < -0.4 is 4.90 Å². The third-order valence-electron chi connectivity index (χ3n) is 3.37. The molecule has 98 valence electrons. The average molecular weight is 274 g/mol. The molecule has 3 nitrogen and oxygen atoms in total. The van der Waals surface area contributed by atoms with Gasteiger partial charge in [0.2, 0.25) is 0 Å². The Labute approximate surface area is 118 Å². The van der Waals surface area contributed by atoms with Crippen molar-refractivity contribution in [2.45, 2.75) is 25.7 Å². The van der Waals surface area contributed by atoms with E-state index in [2.05, 4.69) is 35.1 Å². The number of aromatic nitrogens is 2. The van der Waals surface area contributed by atoms with E-state index in [0.717, 1.165) is 17.3 Å². The molecule has 1 saturated carbocycles. The summed E-state index contributed by atoms with van der Waals surface area (Å²) < 4.78 is 0. The lowest BCUT2D eigenvalue weighted by atomic mass is 10.2. The number of rotatable bonds is 3. The van der Waals surface area contributed by atoms with E-state index in [9.17, 15) is 0 Å². The fourth-order valence-electron chi connectivity index (χ4n) is 2.09. The molecule has 0 spiro atoms. The molecule has 3 rings (SSSR count). The summed E-state index contributed by atoms with van der Waals surface area (Å²) in [6, 6.07) is 10.1. The second-order valence-corrected chi connectivity index (χ2v) is 5.47. The van der Waals surface area contributed by atoms with E-state index in [4.69, 9.17) is 11.6 Å². The Balaban J connectivity index is 1.96. The summed E-state index contributed by atoms with van der Waals surface area (Å²) in [5.41, 5.74) is 2.34. The monoisotopic (exact) mass is 273 g/mol. The predicted octanol–water partition coefficient (Wildman–Crippen LogP) is 4.08. The maximum atomic E-state index is 6.11. The standard InChI is InChI=1S/C15H16ClN3/c1-10-4-3-5-12(8-10)19(2)14-9-13(16)17-15(18-14)11-6-7-11/h3-5,8-9,11H,6-7H2,1-2H3. The maximum absolute atomic E-state index is 6.11. The Kier molecular flexibility index (Phi) is 3.15. The van der Waals surface area contributed by atoms with Crippen molar-refractivity contribution in [2.24, 2.45) is 0 Å². The second kappa shape index (κ2) is 4.82. The average Bonchev–Trinajstić information content (AvgIpc) is 3.21. The molecule has 0 N–H and O–H groups in total. The van der Waals surface area contributed by atoms with Crippen molar-refractivity contribution < 1.29 is 0 Å². The molecular weight excluding hydrogens is 258 g/mol. The first kappa shape index (κ1) is 12.4. The number of nitrogens with zero attached hydrogens (tertiary/aromatic N) is 3. The first-order valence-electron chi connectivity index (χ1n) is 6.48. The van der Waals surface area contributed by atoms with Gasteiger partial charge in [0.15, 0.2) is 0 Å². The Hall–Kier alpha value is -1.61. The summed E-state index contributed by atoms with van der Waals surface area (Å²) in [5.74, 6) is 2.23. The van der Waals surface area contributed by atoms with Gasteiger partial charge in [-0.3, -0.25) is 0 Å². The summed E-state index contributed by atoms with van der Waals surface area (Å²) in [6.45, 7) is 2.08. The zero-order valence-electron chi connectivity index (χ0n) is 11.1. The van der Waals surface area contributed by atoms with Crippen molar-refractivity contribution >= 4 is 23.1 Å². The van der Waals surface area contributed by atoms with E-state index < -0.39 is 0 Å². The van der Waals surface area contributed by atoms with Crippen LogP contribution in [0.2, 0.25) is 5.15 Å². The van der Waals surface area contributed by atoms with Crippen LogP contribution in [0, 0.1) is 6.92 Å². The van der Waals surface area contributed by atoms with Gasteiger partial charge < -0.3 is 4.90 Å². The maximum Gasteiger partial charge on any atom is 0.137 e. The van der Waals surface area contributed by atoms with Crippen molar-refractivity contribution in [3.8, 4) is 0 Å². The van der Waals surface area contributed by atoms with Crippen LogP contribution in [0.4, 0.5) is 11.5 Å². The summed E-state index contributed by atoms with van der Waals surface area (Å²) in [5, 5.41) is 0.520. The second-order valence-electron chi connectivity index (χ2n) is 5.08. The van der Waals surface area contributed by atoms with Crippen molar-refractivity contribution in [2.75, 3.05) is 11.9 Å². The molecule has 19 heavy (non-hydrogen) atoms. The van der Waals surface area contributed by atoms with Crippen LogP contribution in [0.5, 0.6) is 0 Å². The fourth-order valence-corrected chi connectivity index (χ4v) is 2.27. The van der Waals surface area contributed by atoms with Crippen LogP contribution in [-0.4, -0.2) is 17.0 Å². The van der Waals surface area contributed by atoms with E-state index in [1.54, 1.807) is 0 Å². The lowest BCUT2D eigenvalue weighted by Gasteiger charge is -2.19. The molecule has 0 aliphatic heterocycles. The highest BCUT2D eigenvalue weighted by Gasteiger charge is 2.27. The zero-order chi connectivity index (χ0) is 13.4. The molecule has 1 aromatic carbocycles. The SMILES string of the molecule is Cc1cccc(N(C)c2cc(Cl)nc(C3CC3)n2)c1. The minimum atomic E-state index is 0.503. The van der Waals surface area contributed by atoms with Crippen molar-refractivity contribution in [1.29, 1.82) is 0 Å². The van der Waals surface area contributed by atoms with Gasteiger partial charge in [-0.15, -0.1) is 0 Å². The van der Waals surface area contributed by atoms with E-state index in [0.29, 0.717) is 11.1 Å².